The van der Waals surface area contributed by atoms with Gasteiger partial charge in [-0.25, -0.2) is 0 Å². The molecule has 3 rings (SSSR count). The first kappa shape index (κ1) is 11.5. The summed E-state index contributed by atoms with van der Waals surface area (Å²) >= 11 is 0. The van der Waals surface area contributed by atoms with Crippen LogP contribution in [0.5, 0.6) is 0 Å². The molecule has 0 saturated heterocycles. The predicted molar refractivity (Wildman–Crippen MR) is 69.7 cm³/mol. The lowest BCUT2D eigenvalue weighted by Crippen LogP contribution is -2.31. The second-order valence-corrected chi connectivity index (χ2v) is 6.30. The zero-order chi connectivity index (χ0) is 11.7. The van der Waals surface area contributed by atoms with Gasteiger partial charge in [-0.05, 0) is 55.9 Å². The number of hydrogen-bond acceptors (Lipinski definition) is 1. The topological polar surface area (TPSA) is 17.1 Å². The molecule has 3 aliphatic rings. The highest BCUT2D eigenvalue weighted by Gasteiger charge is 2.35. The van der Waals surface area contributed by atoms with Gasteiger partial charge in [-0.3, -0.25) is 4.79 Å². The molecule has 0 heterocycles. The normalized spacial score (nSPS) is 37.4. The van der Waals surface area contributed by atoms with Crippen LogP contribution < -0.4 is 0 Å². The van der Waals surface area contributed by atoms with Crippen LogP contribution in [0.1, 0.15) is 64.2 Å². The van der Waals surface area contributed by atoms with E-state index in [-0.39, 0.29) is 0 Å². The SMILES string of the molecule is O=C(C1=CCCC1)C1CCC2CCCCC2C1. The highest BCUT2D eigenvalue weighted by Crippen LogP contribution is 2.43. The maximum Gasteiger partial charge on any atom is 0.161 e. The molecule has 17 heavy (non-hydrogen) atoms. The van der Waals surface area contributed by atoms with E-state index >= 15 is 0 Å². The van der Waals surface area contributed by atoms with Crippen LogP contribution in [0.2, 0.25) is 0 Å². The molecule has 0 aromatic heterocycles. The van der Waals surface area contributed by atoms with E-state index in [1.54, 1.807) is 0 Å². The van der Waals surface area contributed by atoms with Crippen molar-refractivity contribution in [3.63, 3.8) is 0 Å². The molecule has 0 spiro atoms. The Balaban J connectivity index is 1.63. The van der Waals surface area contributed by atoms with E-state index in [1.807, 2.05) is 0 Å². The van der Waals surface area contributed by atoms with Gasteiger partial charge in [-0.2, -0.15) is 0 Å². The molecule has 2 saturated carbocycles. The summed E-state index contributed by atoms with van der Waals surface area (Å²) in [6.07, 6.45) is 15.0. The number of allylic oxidation sites excluding steroid dienone is 2. The summed E-state index contributed by atoms with van der Waals surface area (Å²) in [5.41, 5.74) is 1.17. The third-order valence-corrected chi connectivity index (χ3v) is 5.27. The lowest BCUT2D eigenvalue weighted by Gasteiger charge is -2.38. The van der Waals surface area contributed by atoms with Crippen molar-refractivity contribution in [3.8, 4) is 0 Å². The van der Waals surface area contributed by atoms with Gasteiger partial charge in [0.05, 0.1) is 0 Å². The van der Waals surface area contributed by atoms with Gasteiger partial charge in [-0.1, -0.05) is 31.8 Å². The summed E-state index contributed by atoms with van der Waals surface area (Å²) in [6.45, 7) is 0. The highest BCUT2D eigenvalue weighted by molar-refractivity contribution is 5.97. The van der Waals surface area contributed by atoms with Gasteiger partial charge in [0, 0.05) is 5.92 Å². The summed E-state index contributed by atoms with van der Waals surface area (Å²) in [7, 11) is 0. The number of fused-ring (bicyclic) bond motifs is 1. The van der Waals surface area contributed by atoms with E-state index in [2.05, 4.69) is 6.08 Å². The van der Waals surface area contributed by atoms with Crippen LogP contribution in [-0.2, 0) is 4.79 Å². The Labute approximate surface area is 105 Å². The molecule has 0 aliphatic heterocycles. The van der Waals surface area contributed by atoms with Crippen molar-refractivity contribution >= 4 is 5.78 Å². The molecular weight excluding hydrogens is 208 g/mol. The van der Waals surface area contributed by atoms with Gasteiger partial charge < -0.3 is 0 Å². The van der Waals surface area contributed by atoms with Crippen molar-refractivity contribution in [3.05, 3.63) is 11.6 Å². The van der Waals surface area contributed by atoms with Gasteiger partial charge in [0.25, 0.3) is 0 Å². The van der Waals surface area contributed by atoms with Crippen LogP contribution in [0.4, 0.5) is 0 Å². The fraction of sp³-hybridized carbons (Fsp3) is 0.812. The van der Waals surface area contributed by atoms with Crippen molar-refractivity contribution in [2.45, 2.75) is 64.2 Å². The maximum absolute atomic E-state index is 12.4. The molecule has 2 fully saturated rings. The molecule has 0 bridgehead atoms. The highest BCUT2D eigenvalue weighted by atomic mass is 16.1. The van der Waals surface area contributed by atoms with Crippen LogP contribution >= 0.6 is 0 Å². The average Bonchev–Trinajstić information content (AvgIpc) is 2.91. The molecule has 0 radical (unpaired) electrons. The lowest BCUT2D eigenvalue weighted by molar-refractivity contribution is -0.121. The lowest BCUT2D eigenvalue weighted by atomic mass is 9.66. The van der Waals surface area contributed by atoms with E-state index in [4.69, 9.17) is 0 Å². The van der Waals surface area contributed by atoms with Crippen molar-refractivity contribution in [2.75, 3.05) is 0 Å². The van der Waals surface area contributed by atoms with Gasteiger partial charge in [0.1, 0.15) is 0 Å². The second kappa shape index (κ2) is 4.96. The molecule has 0 N–H and O–H groups in total. The third-order valence-electron chi connectivity index (χ3n) is 5.27. The van der Waals surface area contributed by atoms with Crippen molar-refractivity contribution in [2.24, 2.45) is 17.8 Å². The minimum absolute atomic E-state index is 0.388. The van der Waals surface area contributed by atoms with Crippen molar-refractivity contribution in [1.82, 2.24) is 0 Å². The van der Waals surface area contributed by atoms with Gasteiger partial charge in [0.2, 0.25) is 0 Å². The molecule has 0 amide bonds. The van der Waals surface area contributed by atoms with Crippen LogP contribution in [0.3, 0.4) is 0 Å². The van der Waals surface area contributed by atoms with Gasteiger partial charge in [0.15, 0.2) is 5.78 Å². The summed E-state index contributed by atoms with van der Waals surface area (Å²) < 4.78 is 0. The Bertz CT molecular complexity index is 328. The Kier molecular flexibility index (Phi) is 3.35. The standard InChI is InChI=1S/C16H24O/c17-16(13-6-2-3-7-13)15-10-9-12-5-1-4-8-14(12)11-15/h6,12,14-15H,1-5,7-11H2. The minimum Gasteiger partial charge on any atom is -0.294 e. The first-order valence-electron chi connectivity index (χ1n) is 7.58. The first-order chi connectivity index (χ1) is 8.34. The number of ketones is 1. The zero-order valence-corrected chi connectivity index (χ0v) is 10.8. The number of Topliss-reactive ketones (excluding diaryl/α,β-unsaturated/α-hetero) is 1. The molecule has 0 aromatic rings. The third kappa shape index (κ3) is 2.34. The average molecular weight is 232 g/mol. The molecule has 3 aliphatic carbocycles. The Hall–Kier alpha value is -0.590. The largest absolute Gasteiger partial charge is 0.294 e. The molecule has 3 unspecified atom stereocenters. The van der Waals surface area contributed by atoms with Crippen LogP contribution in [0.15, 0.2) is 11.6 Å². The molecular formula is C16H24O. The number of rotatable bonds is 2. The Morgan fingerprint density at radius 3 is 2.59 bits per heavy atom. The summed E-state index contributed by atoms with van der Waals surface area (Å²) in [5.74, 6) is 2.75. The van der Waals surface area contributed by atoms with E-state index < -0.39 is 0 Å². The van der Waals surface area contributed by atoms with Crippen molar-refractivity contribution in [1.29, 1.82) is 0 Å². The molecule has 1 heteroatoms. The van der Waals surface area contributed by atoms with E-state index in [1.165, 1.54) is 56.9 Å². The quantitative estimate of drug-likeness (QED) is 0.694. The van der Waals surface area contributed by atoms with Gasteiger partial charge in [-0.15, -0.1) is 0 Å². The van der Waals surface area contributed by atoms with Crippen LogP contribution in [-0.4, -0.2) is 5.78 Å². The predicted octanol–water partition coefficient (Wildman–Crippen LogP) is 4.27. The van der Waals surface area contributed by atoms with Crippen molar-refractivity contribution < 1.29 is 4.79 Å². The Morgan fingerprint density at radius 1 is 1.00 bits per heavy atom. The first-order valence-corrected chi connectivity index (χ1v) is 7.58. The fourth-order valence-electron chi connectivity index (χ4n) is 4.27. The Morgan fingerprint density at radius 2 is 1.82 bits per heavy atom. The van der Waals surface area contributed by atoms with E-state index in [0.29, 0.717) is 11.7 Å². The number of hydrogen-bond donors (Lipinski definition) is 0. The van der Waals surface area contributed by atoms with Gasteiger partial charge >= 0.3 is 0 Å². The van der Waals surface area contributed by atoms with E-state index in [9.17, 15) is 4.79 Å². The summed E-state index contributed by atoms with van der Waals surface area (Å²) in [4.78, 5) is 12.4. The minimum atomic E-state index is 0.388. The number of carbonyl (C=O) groups is 1. The number of carbonyl (C=O) groups excluding carboxylic acids is 1. The molecule has 3 atom stereocenters. The fourth-order valence-corrected chi connectivity index (χ4v) is 4.27. The second-order valence-electron chi connectivity index (χ2n) is 6.30. The molecule has 0 aromatic carbocycles. The van der Waals surface area contributed by atoms with Crippen LogP contribution in [0.25, 0.3) is 0 Å². The zero-order valence-electron chi connectivity index (χ0n) is 10.8. The monoisotopic (exact) mass is 232 g/mol. The van der Waals surface area contributed by atoms with E-state index in [0.717, 1.165) is 24.7 Å². The summed E-state index contributed by atoms with van der Waals surface area (Å²) in [6, 6.07) is 0. The summed E-state index contributed by atoms with van der Waals surface area (Å²) in [5, 5.41) is 0. The molecule has 1 nitrogen and oxygen atoms in total. The van der Waals surface area contributed by atoms with Crippen LogP contribution in [0, 0.1) is 17.8 Å². The smallest absolute Gasteiger partial charge is 0.161 e. The molecule has 94 valence electrons. The maximum atomic E-state index is 12.4.